The first kappa shape index (κ1) is 26.1. The van der Waals surface area contributed by atoms with Crippen molar-refractivity contribution in [2.75, 3.05) is 39.3 Å². The van der Waals surface area contributed by atoms with Crippen molar-refractivity contribution in [1.29, 1.82) is 0 Å². The third kappa shape index (κ3) is 7.50. The van der Waals surface area contributed by atoms with Gasteiger partial charge in [-0.15, -0.1) is 0 Å². The minimum atomic E-state index is -0.863. The summed E-state index contributed by atoms with van der Waals surface area (Å²) in [6.45, 7) is 9.90. The van der Waals surface area contributed by atoms with Gasteiger partial charge < -0.3 is 20.1 Å². The maximum Gasteiger partial charge on any atom is 0.271 e. The number of carbonyl (C=O) groups is 1. The van der Waals surface area contributed by atoms with Crippen LogP contribution >= 0.6 is 0 Å². The second kappa shape index (κ2) is 13.4. The van der Waals surface area contributed by atoms with Crippen molar-refractivity contribution in [3.05, 3.63) is 71.5 Å². The molecule has 3 rings (SSSR count). The number of nitrogens with one attached hydrogen (secondary N) is 2. The fraction of sp³-hybridized carbons (Fsp3) is 0.333. The molecule has 0 atom stereocenters. The summed E-state index contributed by atoms with van der Waals surface area (Å²) >= 11 is 0. The number of aromatic hydroxyl groups is 1. The van der Waals surface area contributed by atoms with Crippen LogP contribution in [0.4, 0.5) is 4.39 Å². The molecule has 0 heterocycles. The van der Waals surface area contributed by atoms with Crippen molar-refractivity contribution in [2.24, 2.45) is 5.10 Å². The van der Waals surface area contributed by atoms with Crippen molar-refractivity contribution in [3.63, 3.8) is 0 Å². The molecule has 3 aromatic carbocycles. The van der Waals surface area contributed by atoms with Gasteiger partial charge in [-0.25, -0.2) is 9.82 Å². The molecule has 0 aliphatic rings. The minimum absolute atomic E-state index is 0.0627. The highest BCUT2D eigenvalue weighted by Crippen LogP contribution is 2.27. The molecule has 0 bridgehead atoms. The normalized spacial score (nSPS) is 11.4. The molecule has 1 amide bonds. The number of hydrazone groups is 1. The molecule has 186 valence electrons. The third-order valence-corrected chi connectivity index (χ3v) is 5.76. The Morgan fingerprint density at radius 2 is 1.86 bits per heavy atom. The quantitative estimate of drug-likeness (QED) is 0.194. The molecule has 0 radical (unpaired) electrons. The number of phenolic OH excluding ortho intramolecular Hbond substituents is 1. The number of benzene rings is 3. The third-order valence-electron chi connectivity index (χ3n) is 5.76. The van der Waals surface area contributed by atoms with Crippen LogP contribution in [0, 0.1) is 5.82 Å². The second-order valence-corrected chi connectivity index (χ2v) is 8.04. The van der Waals surface area contributed by atoms with Crippen LogP contribution in [0.1, 0.15) is 36.2 Å². The minimum Gasteiger partial charge on any atom is -0.505 e. The summed E-state index contributed by atoms with van der Waals surface area (Å²) in [5, 5.41) is 18.6. The van der Waals surface area contributed by atoms with Gasteiger partial charge in [-0.05, 0) is 68.3 Å². The molecule has 3 N–H and O–H groups in total. The number of phenols is 1. The van der Waals surface area contributed by atoms with Crippen molar-refractivity contribution < 1.29 is 19.0 Å². The van der Waals surface area contributed by atoms with Crippen LogP contribution < -0.4 is 15.5 Å². The summed E-state index contributed by atoms with van der Waals surface area (Å²) < 4.78 is 19.5. The smallest absolute Gasteiger partial charge is 0.271 e. The van der Waals surface area contributed by atoms with Gasteiger partial charge in [0.25, 0.3) is 5.91 Å². The fourth-order valence-electron chi connectivity index (χ4n) is 3.73. The van der Waals surface area contributed by atoms with E-state index in [1.54, 1.807) is 0 Å². The first-order valence-corrected chi connectivity index (χ1v) is 11.9. The Bertz CT molecular complexity index is 1150. The van der Waals surface area contributed by atoms with E-state index in [1.165, 1.54) is 12.3 Å². The van der Waals surface area contributed by atoms with E-state index in [0.29, 0.717) is 6.61 Å². The van der Waals surface area contributed by atoms with Gasteiger partial charge in [0, 0.05) is 23.1 Å². The average molecular weight is 481 g/mol. The summed E-state index contributed by atoms with van der Waals surface area (Å²) in [6, 6.07) is 15.0. The highest BCUT2D eigenvalue weighted by atomic mass is 19.1. The van der Waals surface area contributed by atoms with Crippen LogP contribution in [-0.2, 0) is 0 Å². The fourth-order valence-corrected chi connectivity index (χ4v) is 3.73. The van der Waals surface area contributed by atoms with Gasteiger partial charge in [0.1, 0.15) is 12.4 Å². The number of nitrogens with zero attached hydrogens (tertiary/aromatic N) is 2. The van der Waals surface area contributed by atoms with E-state index in [0.717, 1.165) is 73.4 Å². The summed E-state index contributed by atoms with van der Waals surface area (Å²) in [7, 11) is 0. The van der Waals surface area contributed by atoms with Crippen molar-refractivity contribution >= 4 is 22.9 Å². The number of ether oxygens (including phenoxy) is 1. The monoisotopic (exact) mass is 480 g/mol. The molecule has 0 spiro atoms. The number of amides is 1. The average Bonchev–Trinajstić information content (AvgIpc) is 2.88. The summed E-state index contributed by atoms with van der Waals surface area (Å²) in [6.07, 6.45) is 2.65. The van der Waals surface area contributed by atoms with Gasteiger partial charge in [-0.2, -0.15) is 5.10 Å². The van der Waals surface area contributed by atoms with Crippen molar-refractivity contribution in [3.8, 4) is 11.5 Å². The van der Waals surface area contributed by atoms with E-state index in [1.807, 2.05) is 36.4 Å². The zero-order valence-corrected chi connectivity index (χ0v) is 20.3. The molecule has 0 unspecified atom stereocenters. The molecular weight excluding hydrogens is 447 g/mol. The molecule has 3 aromatic rings. The largest absolute Gasteiger partial charge is 0.505 e. The van der Waals surface area contributed by atoms with Gasteiger partial charge in [0.15, 0.2) is 11.6 Å². The maximum absolute atomic E-state index is 13.5. The number of hydrogen-bond acceptors (Lipinski definition) is 6. The first-order chi connectivity index (χ1) is 17.0. The Hall–Kier alpha value is -3.49. The lowest BCUT2D eigenvalue weighted by Crippen LogP contribution is -2.28. The summed E-state index contributed by atoms with van der Waals surface area (Å²) in [5.74, 6) is -1.16. The van der Waals surface area contributed by atoms with Crippen LogP contribution in [0.5, 0.6) is 11.5 Å². The highest BCUT2D eigenvalue weighted by molar-refractivity contribution is 6.03. The number of hydrogen-bond donors (Lipinski definition) is 3. The van der Waals surface area contributed by atoms with E-state index in [-0.39, 0.29) is 5.56 Å². The molecule has 7 nitrogen and oxygen atoms in total. The Labute approximate surface area is 205 Å². The number of rotatable bonds is 13. The predicted octanol–water partition coefficient (Wildman–Crippen LogP) is 4.15. The highest BCUT2D eigenvalue weighted by Gasteiger charge is 2.09. The zero-order chi connectivity index (χ0) is 25.0. The Morgan fingerprint density at radius 1 is 1.09 bits per heavy atom. The molecular formula is C27H33FN4O3. The zero-order valence-electron chi connectivity index (χ0n) is 20.3. The van der Waals surface area contributed by atoms with Gasteiger partial charge in [0.2, 0.25) is 0 Å². The molecule has 0 fully saturated rings. The van der Waals surface area contributed by atoms with Gasteiger partial charge in [0.05, 0.1) is 6.21 Å². The molecule has 0 aromatic heterocycles. The SMILES string of the molecule is CCN(CC)CCCNCCOc1ccc(/C=N/NC(=O)c2ccc(O)c(F)c2)c2ccccc12. The Kier molecular flexibility index (Phi) is 10.0. The lowest BCUT2D eigenvalue weighted by molar-refractivity contribution is 0.0954. The molecule has 0 saturated heterocycles. The van der Waals surface area contributed by atoms with E-state index in [2.05, 4.69) is 34.6 Å². The van der Waals surface area contributed by atoms with Crippen LogP contribution in [-0.4, -0.2) is 61.5 Å². The van der Waals surface area contributed by atoms with Crippen LogP contribution in [0.2, 0.25) is 0 Å². The first-order valence-electron chi connectivity index (χ1n) is 11.9. The Morgan fingerprint density at radius 3 is 2.60 bits per heavy atom. The number of halogens is 1. The van der Waals surface area contributed by atoms with E-state index in [9.17, 15) is 14.3 Å². The van der Waals surface area contributed by atoms with Crippen molar-refractivity contribution in [2.45, 2.75) is 20.3 Å². The lowest BCUT2D eigenvalue weighted by atomic mass is 10.0. The molecule has 0 aliphatic carbocycles. The molecule has 8 heteroatoms. The van der Waals surface area contributed by atoms with E-state index in [4.69, 9.17) is 4.74 Å². The van der Waals surface area contributed by atoms with Crippen LogP contribution in [0.3, 0.4) is 0 Å². The predicted molar refractivity (Wildman–Crippen MR) is 138 cm³/mol. The summed E-state index contributed by atoms with van der Waals surface area (Å²) in [4.78, 5) is 14.6. The second-order valence-electron chi connectivity index (χ2n) is 8.04. The topological polar surface area (TPSA) is 86.2 Å². The van der Waals surface area contributed by atoms with E-state index < -0.39 is 17.5 Å². The standard InChI is InChI=1S/C27H33FN4O3/c1-3-32(4-2)16-7-14-29-15-17-35-26-13-11-21(22-8-5-6-9-23(22)26)19-30-31-27(34)20-10-12-25(33)24(28)18-20/h5-6,8-13,18-19,29,33H,3-4,7,14-17H2,1-2H3,(H,31,34)/b30-19+. The van der Waals surface area contributed by atoms with E-state index >= 15 is 0 Å². The van der Waals surface area contributed by atoms with Crippen molar-refractivity contribution in [1.82, 2.24) is 15.6 Å². The van der Waals surface area contributed by atoms with Crippen LogP contribution in [0.15, 0.2) is 59.7 Å². The maximum atomic E-state index is 13.5. The molecule has 0 aliphatic heterocycles. The Balaban J connectivity index is 1.55. The number of carbonyl (C=O) groups excluding carboxylic acids is 1. The lowest BCUT2D eigenvalue weighted by Gasteiger charge is -2.17. The van der Waals surface area contributed by atoms with Crippen LogP contribution in [0.25, 0.3) is 10.8 Å². The van der Waals surface area contributed by atoms with Gasteiger partial charge >= 0.3 is 0 Å². The van der Waals surface area contributed by atoms with Gasteiger partial charge in [-0.1, -0.05) is 38.1 Å². The molecule has 35 heavy (non-hydrogen) atoms. The summed E-state index contributed by atoms with van der Waals surface area (Å²) in [5.41, 5.74) is 3.25. The molecule has 0 saturated carbocycles. The number of fused-ring (bicyclic) bond motifs is 1. The van der Waals surface area contributed by atoms with Gasteiger partial charge in [-0.3, -0.25) is 4.79 Å².